The van der Waals surface area contributed by atoms with E-state index in [2.05, 4.69) is 10.5 Å². The van der Waals surface area contributed by atoms with E-state index in [-0.39, 0.29) is 0 Å². The fraction of sp³-hybridized carbons (Fsp3) is 0.889. The second-order valence-corrected chi connectivity index (χ2v) is 4.04. The molecule has 1 heterocycles. The summed E-state index contributed by atoms with van der Waals surface area (Å²) in [5.74, 6) is -0.814. The van der Waals surface area contributed by atoms with Crippen LogP contribution in [0.2, 0.25) is 0 Å². The zero-order valence-electron chi connectivity index (χ0n) is 9.63. The van der Waals surface area contributed by atoms with Crippen LogP contribution in [-0.4, -0.2) is 69.6 Å². The Balaban J connectivity index is 2.71. The van der Waals surface area contributed by atoms with Crippen molar-refractivity contribution in [3.05, 3.63) is 4.91 Å². The minimum atomic E-state index is -1.61. The minimum absolute atomic E-state index is 0.595. The van der Waals surface area contributed by atoms with Crippen molar-refractivity contribution >= 4 is 5.91 Å². The SMILES string of the molecule is CC(N=O)C(=O)NC1[C@H](O)OC(CO)[C@H](O)[C@@H]1O. The molecule has 5 N–H and O–H groups in total. The summed E-state index contributed by atoms with van der Waals surface area (Å²) < 4.78 is 4.82. The van der Waals surface area contributed by atoms with Gasteiger partial charge in [-0.1, -0.05) is 5.18 Å². The molecule has 6 atom stereocenters. The predicted octanol–water partition coefficient (Wildman–Crippen LogP) is -2.94. The Bertz CT molecular complexity index is 313. The highest BCUT2D eigenvalue weighted by molar-refractivity contribution is 5.81. The molecule has 0 aromatic rings. The number of amides is 1. The molecule has 1 amide bonds. The highest BCUT2D eigenvalue weighted by atomic mass is 16.6. The van der Waals surface area contributed by atoms with E-state index in [9.17, 15) is 25.0 Å². The van der Waals surface area contributed by atoms with Crippen molar-refractivity contribution in [1.29, 1.82) is 0 Å². The van der Waals surface area contributed by atoms with E-state index in [1.807, 2.05) is 0 Å². The normalized spacial score (nSPS) is 37.9. The molecule has 3 unspecified atom stereocenters. The fourth-order valence-corrected chi connectivity index (χ4v) is 1.59. The Morgan fingerprint density at radius 2 is 2.00 bits per heavy atom. The lowest BCUT2D eigenvalue weighted by Gasteiger charge is -2.40. The van der Waals surface area contributed by atoms with Gasteiger partial charge in [-0.25, -0.2) is 0 Å². The molecule has 0 radical (unpaired) electrons. The fourth-order valence-electron chi connectivity index (χ4n) is 1.59. The molecule has 1 aliphatic rings. The number of hydrogen-bond acceptors (Lipinski definition) is 8. The number of carbonyl (C=O) groups excluding carboxylic acids is 1. The molecule has 1 rings (SSSR count). The van der Waals surface area contributed by atoms with Gasteiger partial charge in [0.1, 0.15) is 24.4 Å². The van der Waals surface area contributed by atoms with Crippen LogP contribution in [0.5, 0.6) is 0 Å². The van der Waals surface area contributed by atoms with Crippen LogP contribution >= 0.6 is 0 Å². The highest BCUT2D eigenvalue weighted by Crippen LogP contribution is 2.19. The molecule has 104 valence electrons. The van der Waals surface area contributed by atoms with Crippen molar-refractivity contribution in [1.82, 2.24) is 5.32 Å². The number of carbonyl (C=O) groups is 1. The van der Waals surface area contributed by atoms with Gasteiger partial charge in [0, 0.05) is 0 Å². The molecule has 0 saturated carbocycles. The number of nitrogens with zero attached hydrogens (tertiary/aromatic N) is 1. The number of nitrogens with one attached hydrogen (secondary N) is 1. The van der Waals surface area contributed by atoms with Crippen LogP contribution in [0.1, 0.15) is 6.92 Å². The molecule has 18 heavy (non-hydrogen) atoms. The van der Waals surface area contributed by atoms with Crippen molar-refractivity contribution < 1.29 is 30.0 Å². The van der Waals surface area contributed by atoms with Crippen LogP contribution in [0.25, 0.3) is 0 Å². The topological polar surface area (TPSA) is 149 Å². The van der Waals surface area contributed by atoms with Gasteiger partial charge < -0.3 is 30.5 Å². The van der Waals surface area contributed by atoms with Crippen molar-refractivity contribution in [2.45, 2.75) is 43.6 Å². The largest absolute Gasteiger partial charge is 0.394 e. The van der Waals surface area contributed by atoms with Gasteiger partial charge in [0.25, 0.3) is 0 Å². The maximum absolute atomic E-state index is 11.4. The number of nitroso groups, excluding NO2 is 1. The summed E-state index contributed by atoms with van der Waals surface area (Å²) in [5.41, 5.74) is 0. The van der Waals surface area contributed by atoms with E-state index in [1.165, 1.54) is 6.92 Å². The molecule has 1 saturated heterocycles. The monoisotopic (exact) mass is 264 g/mol. The first-order valence-electron chi connectivity index (χ1n) is 5.35. The summed E-state index contributed by atoms with van der Waals surface area (Å²) in [6, 6.07) is -2.50. The smallest absolute Gasteiger partial charge is 0.248 e. The third kappa shape index (κ3) is 3.00. The third-order valence-corrected chi connectivity index (χ3v) is 2.75. The van der Waals surface area contributed by atoms with Gasteiger partial charge in [-0.15, -0.1) is 4.91 Å². The van der Waals surface area contributed by atoms with E-state index in [1.54, 1.807) is 0 Å². The third-order valence-electron chi connectivity index (χ3n) is 2.75. The Morgan fingerprint density at radius 3 is 2.50 bits per heavy atom. The molecular formula is C9H16N2O7. The molecule has 0 spiro atoms. The van der Waals surface area contributed by atoms with Crippen molar-refractivity contribution in [2.24, 2.45) is 5.18 Å². The van der Waals surface area contributed by atoms with Gasteiger partial charge in [0.15, 0.2) is 12.3 Å². The molecule has 0 bridgehead atoms. The van der Waals surface area contributed by atoms with E-state index in [0.717, 1.165) is 0 Å². The van der Waals surface area contributed by atoms with Gasteiger partial charge in [0.05, 0.1) is 6.61 Å². The van der Waals surface area contributed by atoms with Crippen LogP contribution in [-0.2, 0) is 9.53 Å². The summed E-state index contributed by atoms with van der Waals surface area (Å²) in [5, 5.41) is 42.2. The highest BCUT2D eigenvalue weighted by Gasteiger charge is 2.44. The number of aliphatic hydroxyl groups excluding tert-OH is 4. The number of hydrogen-bond donors (Lipinski definition) is 5. The quantitative estimate of drug-likeness (QED) is 0.341. The van der Waals surface area contributed by atoms with Crippen LogP contribution < -0.4 is 5.32 Å². The maximum atomic E-state index is 11.4. The average Bonchev–Trinajstić information content (AvgIpc) is 2.37. The number of rotatable bonds is 4. The summed E-state index contributed by atoms with van der Waals surface area (Å²) in [6.07, 6.45) is -5.76. The molecule has 1 fully saturated rings. The number of ether oxygens (including phenoxy) is 1. The van der Waals surface area contributed by atoms with Gasteiger partial charge >= 0.3 is 0 Å². The van der Waals surface area contributed by atoms with Crippen molar-refractivity contribution in [3.8, 4) is 0 Å². The lowest BCUT2D eigenvalue weighted by molar-refractivity contribution is -0.253. The summed E-state index contributed by atoms with van der Waals surface area (Å²) in [6.45, 7) is 0.639. The van der Waals surface area contributed by atoms with Crippen LogP contribution in [0.15, 0.2) is 5.18 Å². The van der Waals surface area contributed by atoms with Crippen LogP contribution in [0.3, 0.4) is 0 Å². The van der Waals surface area contributed by atoms with Gasteiger partial charge in [-0.05, 0) is 6.92 Å². The summed E-state index contributed by atoms with van der Waals surface area (Å²) in [4.78, 5) is 21.5. The second kappa shape index (κ2) is 6.16. The maximum Gasteiger partial charge on any atom is 0.248 e. The summed E-state index contributed by atoms with van der Waals surface area (Å²) >= 11 is 0. The molecule has 0 aromatic heterocycles. The Labute approximate surface area is 102 Å². The van der Waals surface area contributed by atoms with E-state index < -0.39 is 49.2 Å². The van der Waals surface area contributed by atoms with Crippen LogP contribution in [0.4, 0.5) is 0 Å². The Kier molecular flexibility index (Phi) is 5.11. The van der Waals surface area contributed by atoms with Gasteiger partial charge in [0.2, 0.25) is 5.91 Å². The molecule has 1 aliphatic heterocycles. The van der Waals surface area contributed by atoms with E-state index in [0.29, 0.717) is 0 Å². The van der Waals surface area contributed by atoms with Gasteiger partial charge in [-0.2, -0.15) is 0 Å². The number of aliphatic hydroxyl groups is 4. The second-order valence-electron chi connectivity index (χ2n) is 4.04. The molecule has 0 aromatic carbocycles. The first kappa shape index (κ1) is 14.9. The zero-order chi connectivity index (χ0) is 13.9. The summed E-state index contributed by atoms with van der Waals surface area (Å²) in [7, 11) is 0. The van der Waals surface area contributed by atoms with Crippen LogP contribution in [0, 0.1) is 4.91 Å². The molecular weight excluding hydrogens is 248 g/mol. The lowest BCUT2D eigenvalue weighted by Crippen LogP contribution is -2.64. The molecule has 9 nitrogen and oxygen atoms in total. The Hall–Kier alpha value is -1.13. The minimum Gasteiger partial charge on any atom is -0.394 e. The predicted molar refractivity (Wildman–Crippen MR) is 57.2 cm³/mol. The standard InChI is InChI=1S/C9H16N2O7/c1-3(11-17)8(15)10-5-7(14)6(13)4(2-12)18-9(5)16/h3-7,9,12-14,16H,2H2,1H3,(H,10,15)/t3?,4?,5?,6-,7+,9+/m0/s1. The lowest BCUT2D eigenvalue weighted by atomic mass is 9.97. The van der Waals surface area contributed by atoms with E-state index >= 15 is 0 Å². The molecule has 0 aliphatic carbocycles. The Morgan fingerprint density at radius 1 is 1.39 bits per heavy atom. The zero-order valence-corrected chi connectivity index (χ0v) is 9.63. The van der Waals surface area contributed by atoms with Crippen molar-refractivity contribution in [2.75, 3.05) is 6.61 Å². The first-order valence-corrected chi connectivity index (χ1v) is 5.35. The van der Waals surface area contributed by atoms with Gasteiger partial charge in [-0.3, -0.25) is 4.79 Å². The van der Waals surface area contributed by atoms with E-state index in [4.69, 9.17) is 9.84 Å². The molecule has 9 heteroatoms. The first-order chi connectivity index (χ1) is 8.42. The van der Waals surface area contributed by atoms with Crippen molar-refractivity contribution in [3.63, 3.8) is 0 Å². The average molecular weight is 264 g/mol.